The van der Waals surface area contributed by atoms with Gasteiger partial charge in [0, 0.05) is 31.1 Å². The predicted octanol–water partition coefficient (Wildman–Crippen LogP) is 14.1. The van der Waals surface area contributed by atoms with Crippen LogP contribution in [-0.4, -0.2) is 9.97 Å². The van der Waals surface area contributed by atoms with Crippen molar-refractivity contribution in [3.63, 3.8) is 0 Å². The molecular formula is C53H31N3S. The number of rotatable bonds is 2. The molecule has 0 bridgehead atoms. The Balaban J connectivity index is 1.15. The van der Waals surface area contributed by atoms with Crippen LogP contribution in [0.3, 0.4) is 0 Å². The summed E-state index contributed by atoms with van der Waals surface area (Å²) in [4.78, 5) is 13.7. The highest BCUT2D eigenvalue weighted by atomic mass is 32.1. The number of benzene rings is 9. The summed E-state index contributed by atoms with van der Waals surface area (Å²) in [6, 6.07) is 68.9. The Labute approximate surface area is 332 Å². The van der Waals surface area contributed by atoms with Gasteiger partial charge in [-0.3, -0.25) is 4.90 Å². The number of thiophene rings is 1. The van der Waals surface area contributed by atoms with Crippen LogP contribution in [0.25, 0.3) is 75.0 Å². The van der Waals surface area contributed by atoms with Crippen LogP contribution in [-0.2, 0) is 5.41 Å². The van der Waals surface area contributed by atoms with Gasteiger partial charge in [-0.05, 0) is 97.4 Å². The van der Waals surface area contributed by atoms with Gasteiger partial charge < -0.3 is 0 Å². The smallest absolute Gasteiger partial charge is 0.235 e. The highest BCUT2D eigenvalue weighted by molar-refractivity contribution is 7.26. The molecule has 0 amide bonds. The fourth-order valence-corrected chi connectivity index (χ4v) is 11.2. The van der Waals surface area contributed by atoms with Crippen molar-refractivity contribution >= 4 is 81.3 Å². The Hall–Kier alpha value is -7.14. The lowest BCUT2D eigenvalue weighted by atomic mass is 9.65. The lowest BCUT2D eigenvalue weighted by molar-refractivity contribution is 0.750. The van der Waals surface area contributed by atoms with Gasteiger partial charge in [0.25, 0.3) is 0 Å². The van der Waals surface area contributed by atoms with Crippen LogP contribution < -0.4 is 4.90 Å². The molecule has 1 aliphatic heterocycles. The summed E-state index contributed by atoms with van der Waals surface area (Å²) in [7, 11) is 0. The van der Waals surface area contributed by atoms with Gasteiger partial charge in [-0.2, -0.15) is 0 Å². The highest BCUT2D eigenvalue weighted by Gasteiger charge is 2.51. The normalized spacial score (nSPS) is 13.7. The zero-order valence-corrected chi connectivity index (χ0v) is 31.5. The van der Waals surface area contributed by atoms with E-state index in [9.17, 15) is 0 Å². The highest BCUT2D eigenvalue weighted by Crippen LogP contribution is 2.63. The van der Waals surface area contributed by atoms with E-state index in [0.717, 1.165) is 33.5 Å². The minimum atomic E-state index is -0.507. The largest absolute Gasteiger partial charge is 0.278 e. The summed E-state index contributed by atoms with van der Waals surface area (Å²) >= 11 is 1.84. The van der Waals surface area contributed by atoms with E-state index in [4.69, 9.17) is 9.97 Å². The van der Waals surface area contributed by atoms with Crippen molar-refractivity contribution in [2.75, 3.05) is 4.90 Å². The number of anilines is 3. The Morgan fingerprint density at radius 2 is 0.982 bits per heavy atom. The van der Waals surface area contributed by atoms with E-state index in [1.165, 1.54) is 75.1 Å². The molecule has 0 N–H and O–H groups in total. The van der Waals surface area contributed by atoms with Crippen LogP contribution in [0.1, 0.15) is 22.3 Å². The lowest BCUT2D eigenvalue weighted by Gasteiger charge is -2.44. The second-order valence-electron chi connectivity index (χ2n) is 15.3. The molecule has 0 saturated heterocycles. The molecule has 0 radical (unpaired) electrons. The summed E-state index contributed by atoms with van der Waals surface area (Å²) in [6.45, 7) is 0. The molecule has 0 fully saturated rings. The first-order valence-corrected chi connectivity index (χ1v) is 20.3. The Kier molecular flexibility index (Phi) is 6.25. The second-order valence-corrected chi connectivity index (χ2v) is 16.4. The van der Waals surface area contributed by atoms with Crippen molar-refractivity contribution < 1.29 is 0 Å². The predicted molar refractivity (Wildman–Crippen MR) is 238 cm³/mol. The number of aromatic nitrogens is 2. The third kappa shape index (κ3) is 4.15. The quantitative estimate of drug-likeness (QED) is 0.177. The van der Waals surface area contributed by atoms with E-state index in [1.54, 1.807) is 0 Å². The summed E-state index contributed by atoms with van der Waals surface area (Å²) in [6.07, 6.45) is 0. The molecule has 1 spiro atoms. The molecule has 3 heterocycles. The fourth-order valence-electron chi connectivity index (χ4n) is 10.1. The molecule has 57 heavy (non-hydrogen) atoms. The van der Waals surface area contributed by atoms with E-state index in [0.29, 0.717) is 5.95 Å². The minimum absolute atomic E-state index is 0.507. The first-order chi connectivity index (χ1) is 28.3. The van der Waals surface area contributed by atoms with E-state index >= 15 is 0 Å². The monoisotopic (exact) mass is 741 g/mol. The first kappa shape index (κ1) is 31.1. The summed E-state index contributed by atoms with van der Waals surface area (Å²) in [5, 5.41) is 8.32. The van der Waals surface area contributed by atoms with E-state index in [1.807, 2.05) is 11.3 Å². The van der Waals surface area contributed by atoms with Gasteiger partial charge >= 0.3 is 0 Å². The molecular weight excluding hydrogens is 711 g/mol. The van der Waals surface area contributed by atoms with Crippen molar-refractivity contribution in [3.8, 4) is 22.4 Å². The van der Waals surface area contributed by atoms with Crippen molar-refractivity contribution in [2.45, 2.75) is 5.41 Å². The van der Waals surface area contributed by atoms with Crippen LogP contribution in [0, 0.1) is 0 Å². The van der Waals surface area contributed by atoms with E-state index < -0.39 is 5.41 Å². The van der Waals surface area contributed by atoms with Crippen LogP contribution >= 0.6 is 11.3 Å². The third-order valence-electron chi connectivity index (χ3n) is 12.4. The zero-order valence-electron chi connectivity index (χ0n) is 30.6. The molecule has 0 saturated carbocycles. The Bertz CT molecular complexity index is 3410. The molecule has 0 atom stereocenters. The number of hydrogen-bond acceptors (Lipinski definition) is 4. The summed E-state index contributed by atoms with van der Waals surface area (Å²) < 4.78 is 2.48. The molecule has 4 heteroatoms. The molecule has 0 unspecified atom stereocenters. The van der Waals surface area contributed by atoms with Crippen molar-refractivity contribution in [1.29, 1.82) is 0 Å². The van der Waals surface area contributed by atoms with Crippen molar-refractivity contribution in [2.24, 2.45) is 0 Å². The molecule has 9 aromatic carbocycles. The second kappa shape index (κ2) is 11.5. The molecule has 1 aliphatic carbocycles. The number of hydrogen-bond donors (Lipinski definition) is 0. The Morgan fingerprint density at radius 3 is 1.67 bits per heavy atom. The van der Waals surface area contributed by atoms with Gasteiger partial charge in [0.05, 0.1) is 28.0 Å². The third-order valence-corrected chi connectivity index (χ3v) is 13.5. The molecule has 13 rings (SSSR count). The van der Waals surface area contributed by atoms with E-state index in [2.05, 4.69) is 193 Å². The fraction of sp³-hybridized carbons (Fsp3) is 0.0189. The number of nitrogens with zero attached hydrogens (tertiary/aromatic N) is 3. The summed E-state index contributed by atoms with van der Waals surface area (Å²) in [5.41, 5.74) is 12.2. The maximum Gasteiger partial charge on any atom is 0.235 e. The minimum Gasteiger partial charge on any atom is -0.278 e. The zero-order chi connectivity index (χ0) is 37.2. The van der Waals surface area contributed by atoms with Gasteiger partial charge in [0.2, 0.25) is 5.95 Å². The molecule has 11 aromatic rings. The average Bonchev–Trinajstić information content (AvgIpc) is 3.79. The van der Waals surface area contributed by atoms with Crippen molar-refractivity contribution in [1.82, 2.24) is 9.97 Å². The Morgan fingerprint density at radius 1 is 0.421 bits per heavy atom. The van der Waals surface area contributed by atoms with Gasteiger partial charge in [-0.1, -0.05) is 146 Å². The van der Waals surface area contributed by atoms with Gasteiger partial charge in [0.1, 0.15) is 0 Å². The van der Waals surface area contributed by atoms with Gasteiger partial charge in [-0.15, -0.1) is 11.3 Å². The standard InChI is InChI=1S/C53H31N3S/c1-2-14-33-29-36(26-25-32(33)13-1)50-39-27-28-47-49(40-30-34-15-3-4-16-35(34)31-48(40)57-47)51(39)55-52(54-50)56-45-23-11-9-21-43(45)53(44-22-10-12-24-46(44)56)41-19-7-5-17-37(41)38-18-6-8-20-42(38)53/h1-31H. The van der Waals surface area contributed by atoms with Gasteiger partial charge in [-0.25, -0.2) is 9.97 Å². The van der Waals surface area contributed by atoms with Crippen molar-refractivity contribution in [3.05, 3.63) is 210 Å². The molecule has 264 valence electrons. The number of fused-ring (bicyclic) bond motifs is 16. The van der Waals surface area contributed by atoms with Crippen LogP contribution in [0.2, 0.25) is 0 Å². The molecule has 2 aliphatic rings. The van der Waals surface area contributed by atoms with Gasteiger partial charge in [0.15, 0.2) is 0 Å². The summed E-state index contributed by atoms with van der Waals surface area (Å²) in [5.74, 6) is 0.660. The lowest BCUT2D eigenvalue weighted by Crippen LogP contribution is -2.36. The maximum atomic E-state index is 5.70. The van der Waals surface area contributed by atoms with E-state index in [-0.39, 0.29) is 0 Å². The maximum absolute atomic E-state index is 5.70. The average molecular weight is 742 g/mol. The topological polar surface area (TPSA) is 29.0 Å². The molecule has 3 nitrogen and oxygen atoms in total. The van der Waals surface area contributed by atoms with Crippen LogP contribution in [0.5, 0.6) is 0 Å². The van der Waals surface area contributed by atoms with Crippen LogP contribution in [0.4, 0.5) is 17.3 Å². The SMILES string of the molecule is c1ccc2c(c1)-c1ccccc1C21c2ccccc2N(c2nc(-c3ccc4ccccc4c3)c3ccc4sc5cc6ccccc6cc5c4c3n2)c2ccccc21. The first-order valence-electron chi connectivity index (χ1n) is 19.5. The molecule has 2 aromatic heterocycles. The number of para-hydroxylation sites is 2. The van der Waals surface area contributed by atoms with Crippen LogP contribution in [0.15, 0.2) is 188 Å².